The summed E-state index contributed by atoms with van der Waals surface area (Å²) >= 11 is 1.68. The normalized spacial score (nSPS) is 15.3. The number of phenolic OH excluding ortho intramolecular Hbond substituents is 2. The molecule has 1 heterocycles. The molecule has 3 aromatic rings. The number of hydrogen-bond donors (Lipinski definition) is 2. The van der Waals surface area contributed by atoms with Gasteiger partial charge in [0, 0.05) is 16.7 Å². The van der Waals surface area contributed by atoms with E-state index in [1.54, 1.807) is 16.7 Å². The van der Waals surface area contributed by atoms with E-state index in [0.29, 0.717) is 5.75 Å². The van der Waals surface area contributed by atoms with Gasteiger partial charge in [0.15, 0.2) is 6.61 Å². The van der Waals surface area contributed by atoms with Crippen LogP contribution >= 0.6 is 11.8 Å². The molecule has 1 aliphatic rings. The van der Waals surface area contributed by atoms with E-state index in [1.165, 1.54) is 12.1 Å². The Morgan fingerprint density at radius 2 is 1.73 bits per heavy atom. The molecule has 0 spiro atoms. The second kappa shape index (κ2) is 8.51. The molecular weight excluding hydrogens is 402 g/mol. The zero-order valence-electron chi connectivity index (χ0n) is 15.9. The number of carbonyl (C=O) groups is 2. The van der Waals surface area contributed by atoms with Crippen LogP contribution in [0.25, 0.3) is 0 Å². The highest BCUT2D eigenvalue weighted by atomic mass is 32.2. The Labute approximate surface area is 177 Å². The summed E-state index contributed by atoms with van der Waals surface area (Å²) in [5.74, 6) is -1.10. The number of rotatable bonds is 4. The van der Waals surface area contributed by atoms with Gasteiger partial charge in [-0.3, -0.25) is 9.69 Å². The summed E-state index contributed by atoms with van der Waals surface area (Å²) < 4.78 is 5.18. The lowest BCUT2D eigenvalue weighted by atomic mass is 10.1. The van der Waals surface area contributed by atoms with Crippen LogP contribution in [0, 0.1) is 0 Å². The topological polar surface area (TPSA) is 87.1 Å². The number of ether oxygens (including phenoxy) is 1. The first kappa shape index (κ1) is 19.8. The van der Waals surface area contributed by atoms with Crippen molar-refractivity contribution in [3.63, 3.8) is 0 Å². The van der Waals surface area contributed by atoms with Crippen molar-refractivity contribution in [2.75, 3.05) is 17.3 Å². The zero-order chi connectivity index (χ0) is 21.1. The molecule has 3 aromatic carbocycles. The van der Waals surface area contributed by atoms with Crippen LogP contribution in [-0.2, 0) is 9.53 Å². The maximum absolute atomic E-state index is 13.2. The molecule has 0 bridgehead atoms. The zero-order valence-corrected chi connectivity index (χ0v) is 16.7. The first-order valence-electron chi connectivity index (χ1n) is 9.32. The number of fused-ring (bicyclic) bond motifs is 1. The monoisotopic (exact) mass is 421 g/mol. The minimum atomic E-state index is -0.836. The summed E-state index contributed by atoms with van der Waals surface area (Å²) in [6.45, 7) is -0.471. The van der Waals surface area contributed by atoms with Gasteiger partial charge in [-0.1, -0.05) is 42.5 Å². The highest BCUT2D eigenvalue weighted by molar-refractivity contribution is 7.99. The number of anilines is 1. The molecule has 4 rings (SSSR count). The minimum Gasteiger partial charge on any atom is -0.508 e. The van der Waals surface area contributed by atoms with Crippen LogP contribution in [-0.4, -0.2) is 34.4 Å². The average Bonchev–Trinajstić information content (AvgIpc) is 2.77. The van der Waals surface area contributed by atoms with Crippen LogP contribution in [0.15, 0.2) is 77.7 Å². The van der Waals surface area contributed by atoms with E-state index in [-0.39, 0.29) is 23.3 Å². The SMILES string of the molecule is O=C(OCC(=O)N1c2ccccc2SCC1c1ccccc1)c1ccc(O)cc1O. The molecule has 0 radical (unpaired) electrons. The molecule has 2 N–H and O–H groups in total. The smallest absolute Gasteiger partial charge is 0.342 e. The van der Waals surface area contributed by atoms with Gasteiger partial charge in [-0.2, -0.15) is 0 Å². The summed E-state index contributed by atoms with van der Waals surface area (Å²) in [7, 11) is 0. The molecule has 0 saturated heterocycles. The first-order valence-corrected chi connectivity index (χ1v) is 10.3. The lowest BCUT2D eigenvalue weighted by molar-refractivity contribution is -0.122. The number of aromatic hydroxyl groups is 2. The summed E-state index contributed by atoms with van der Waals surface area (Å²) in [5.41, 5.74) is 1.65. The number of amides is 1. The fraction of sp³-hybridized carbons (Fsp3) is 0.130. The molecule has 0 aromatic heterocycles. The third-order valence-electron chi connectivity index (χ3n) is 4.81. The van der Waals surface area contributed by atoms with Crippen LogP contribution in [0.2, 0.25) is 0 Å². The maximum atomic E-state index is 13.2. The summed E-state index contributed by atoms with van der Waals surface area (Å²) in [5, 5.41) is 19.2. The predicted octanol–water partition coefficient (Wildman–Crippen LogP) is 4.13. The highest BCUT2D eigenvalue weighted by Crippen LogP contribution is 2.43. The number of phenols is 2. The minimum absolute atomic E-state index is 0.116. The van der Waals surface area contributed by atoms with E-state index in [4.69, 9.17) is 4.74 Å². The molecule has 6 nitrogen and oxygen atoms in total. The molecule has 0 saturated carbocycles. The standard InChI is InChI=1S/C23H19NO5S/c25-16-10-11-17(20(26)12-16)23(28)29-13-22(27)24-18-8-4-5-9-21(18)30-14-19(24)15-6-2-1-3-7-15/h1-12,19,25-26H,13-14H2. The van der Waals surface area contributed by atoms with Crippen molar-refractivity contribution in [1.29, 1.82) is 0 Å². The fourth-order valence-corrected chi connectivity index (χ4v) is 4.55. The predicted molar refractivity (Wildman–Crippen MR) is 114 cm³/mol. The molecule has 0 fully saturated rings. The van der Waals surface area contributed by atoms with Gasteiger partial charge in [-0.05, 0) is 29.8 Å². The average molecular weight is 421 g/mol. The first-order chi connectivity index (χ1) is 14.5. The maximum Gasteiger partial charge on any atom is 0.342 e. The molecule has 1 amide bonds. The van der Waals surface area contributed by atoms with Gasteiger partial charge in [0.2, 0.25) is 0 Å². The molecule has 1 atom stereocenters. The van der Waals surface area contributed by atoms with E-state index >= 15 is 0 Å². The molecule has 152 valence electrons. The Kier molecular flexibility index (Phi) is 5.63. The second-order valence-corrected chi connectivity index (χ2v) is 7.81. The number of thioether (sulfide) groups is 1. The number of hydrogen-bond acceptors (Lipinski definition) is 6. The van der Waals surface area contributed by atoms with Gasteiger partial charge in [0.1, 0.15) is 17.1 Å². The Bertz CT molecular complexity index is 1090. The Morgan fingerprint density at radius 3 is 2.50 bits per heavy atom. The number of para-hydroxylation sites is 1. The largest absolute Gasteiger partial charge is 0.508 e. The van der Waals surface area contributed by atoms with Gasteiger partial charge < -0.3 is 14.9 Å². The van der Waals surface area contributed by atoms with Crippen molar-refractivity contribution in [3.05, 3.63) is 83.9 Å². The molecule has 30 heavy (non-hydrogen) atoms. The second-order valence-electron chi connectivity index (χ2n) is 6.75. The number of nitrogens with zero attached hydrogens (tertiary/aromatic N) is 1. The summed E-state index contributed by atoms with van der Waals surface area (Å²) in [6, 6.07) is 20.7. The third kappa shape index (κ3) is 3.97. The lowest BCUT2D eigenvalue weighted by Gasteiger charge is -2.37. The molecule has 0 aliphatic carbocycles. The number of esters is 1. The van der Waals surface area contributed by atoms with Crippen LogP contribution in [0.1, 0.15) is 22.0 Å². The van der Waals surface area contributed by atoms with E-state index in [1.807, 2.05) is 54.6 Å². The van der Waals surface area contributed by atoms with Crippen molar-refractivity contribution in [2.45, 2.75) is 10.9 Å². The molecule has 1 aliphatic heterocycles. The van der Waals surface area contributed by atoms with Crippen LogP contribution < -0.4 is 4.90 Å². The van der Waals surface area contributed by atoms with E-state index < -0.39 is 18.3 Å². The van der Waals surface area contributed by atoms with Gasteiger partial charge >= 0.3 is 5.97 Å². The quantitative estimate of drug-likeness (QED) is 0.616. The summed E-state index contributed by atoms with van der Waals surface area (Å²) in [4.78, 5) is 28.1. The Balaban J connectivity index is 1.57. The van der Waals surface area contributed by atoms with Gasteiger partial charge in [0.05, 0.1) is 11.7 Å². The van der Waals surface area contributed by atoms with E-state index in [9.17, 15) is 19.8 Å². The van der Waals surface area contributed by atoms with Crippen molar-refractivity contribution in [1.82, 2.24) is 0 Å². The van der Waals surface area contributed by atoms with Crippen molar-refractivity contribution in [2.24, 2.45) is 0 Å². The molecular formula is C23H19NO5S. The van der Waals surface area contributed by atoms with E-state index in [2.05, 4.69) is 0 Å². The number of carbonyl (C=O) groups excluding carboxylic acids is 2. The van der Waals surface area contributed by atoms with Gasteiger partial charge in [-0.25, -0.2) is 4.79 Å². The highest BCUT2D eigenvalue weighted by Gasteiger charge is 2.33. The van der Waals surface area contributed by atoms with Crippen molar-refractivity contribution < 1.29 is 24.5 Å². The van der Waals surface area contributed by atoms with Crippen molar-refractivity contribution in [3.8, 4) is 11.5 Å². The van der Waals surface area contributed by atoms with Crippen LogP contribution in [0.5, 0.6) is 11.5 Å². The number of benzene rings is 3. The fourth-order valence-electron chi connectivity index (χ4n) is 3.39. The Morgan fingerprint density at radius 1 is 1.00 bits per heavy atom. The lowest BCUT2D eigenvalue weighted by Crippen LogP contribution is -2.41. The molecule has 7 heteroatoms. The van der Waals surface area contributed by atoms with Gasteiger partial charge in [0.25, 0.3) is 5.91 Å². The van der Waals surface area contributed by atoms with E-state index in [0.717, 1.165) is 22.2 Å². The van der Waals surface area contributed by atoms with Crippen molar-refractivity contribution >= 4 is 29.3 Å². The van der Waals surface area contributed by atoms with Gasteiger partial charge in [-0.15, -0.1) is 11.8 Å². The third-order valence-corrected chi connectivity index (χ3v) is 5.95. The van der Waals surface area contributed by atoms with Crippen LogP contribution in [0.4, 0.5) is 5.69 Å². The summed E-state index contributed by atoms with van der Waals surface area (Å²) in [6.07, 6.45) is 0. The molecule has 1 unspecified atom stereocenters. The van der Waals surface area contributed by atoms with Crippen LogP contribution in [0.3, 0.4) is 0 Å². The Hall–Kier alpha value is -3.45.